The number of benzene rings is 1. The third kappa shape index (κ3) is 5.84. The Morgan fingerprint density at radius 2 is 2.17 bits per heavy atom. The molecular weight excluding hydrogens is 314 g/mol. The average molecular weight is 339 g/mol. The van der Waals surface area contributed by atoms with Crippen LogP contribution in [0.25, 0.3) is 0 Å². The fourth-order valence-corrected chi connectivity index (χ4v) is 3.07. The number of amidine groups is 1. The first-order chi connectivity index (χ1) is 10.8. The van der Waals surface area contributed by atoms with E-state index in [4.69, 9.17) is 9.88 Å². The first-order valence-electron chi connectivity index (χ1n) is 7.86. The van der Waals surface area contributed by atoms with Crippen molar-refractivity contribution >= 4 is 15.9 Å². The van der Waals surface area contributed by atoms with Gasteiger partial charge in [-0.15, -0.1) is 0 Å². The van der Waals surface area contributed by atoms with Gasteiger partial charge in [-0.1, -0.05) is 26.0 Å². The Morgan fingerprint density at radius 1 is 1.39 bits per heavy atom. The van der Waals surface area contributed by atoms with Gasteiger partial charge in [0.05, 0.1) is 12.3 Å². The van der Waals surface area contributed by atoms with Crippen molar-refractivity contribution in [2.45, 2.75) is 26.7 Å². The summed E-state index contributed by atoms with van der Waals surface area (Å²) >= 11 is 0. The largest absolute Gasteiger partial charge is 0.485 e. The van der Waals surface area contributed by atoms with E-state index in [9.17, 15) is 8.42 Å². The molecule has 0 aliphatic carbocycles. The van der Waals surface area contributed by atoms with Crippen LogP contribution in [0.5, 0.6) is 5.75 Å². The van der Waals surface area contributed by atoms with E-state index in [0.29, 0.717) is 18.9 Å². The highest BCUT2D eigenvalue weighted by Gasteiger charge is 2.15. The van der Waals surface area contributed by atoms with E-state index in [1.165, 1.54) is 0 Å². The van der Waals surface area contributed by atoms with Gasteiger partial charge in [0.15, 0.2) is 0 Å². The van der Waals surface area contributed by atoms with E-state index in [0.717, 1.165) is 42.2 Å². The van der Waals surface area contributed by atoms with Gasteiger partial charge in [0.25, 0.3) is 0 Å². The third-order valence-electron chi connectivity index (χ3n) is 3.61. The number of nitrogens with one attached hydrogen (secondary N) is 1. The van der Waals surface area contributed by atoms with E-state index < -0.39 is 10.0 Å². The second kappa shape index (κ2) is 7.79. The lowest BCUT2D eigenvalue weighted by atomic mass is 9.95. The maximum absolute atomic E-state index is 11.2. The summed E-state index contributed by atoms with van der Waals surface area (Å²) < 4.78 is 28.4. The van der Waals surface area contributed by atoms with Crippen LogP contribution in [0.1, 0.15) is 25.0 Å². The maximum atomic E-state index is 11.2. The first-order valence-corrected chi connectivity index (χ1v) is 9.58. The summed E-state index contributed by atoms with van der Waals surface area (Å²) in [5, 5.41) is 8.31. The molecule has 6 nitrogen and oxygen atoms in total. The molecule has 0 unspecified atom stereocenters. The quantitative estimate of drug-likeness (QED) is 0.741. The fourth-order valence-electron chi connectivity index (χ4n) is 2.56. The minimum atomic E-state index is -3.48. The van der Waals surface area contributed by atoms with Gasteiger partial charge in [-0.25, -0.2) is 13.6 Å². The number of hydrogen-bond acceptors (Lipinski definition) is 5. The minimum absolute atomic E-state index is 0.0597. The molecule has 1 aromatic rings. The van der Waals surface area contributed by atoms with Crippen molar-refractivity contribution < 1.29 is 13.2 Å². The molecule has 1 aliphatic heterocycles. The van der Waals surface area contributed by atoms with Gasteiger partial charge in [-0.05, 0) is 36.0 Å². The summed E-state index contributed by atoms with van der Waals surface area (Å²) in [7, 11) is -3.48. The highest BCUT2D eigenvalue weighted by molar-refractivity contribution is 7.89. The van der Waals surface area contributed by atoms with Crippen LogP contribution in [0.2, 0.25) is 0 Å². The zero-order valence-electron chi connectivity index (χ0n) is 13.7. The van der Waals surface area contributed by atoms with Gasteiger partial charge in [0.1, 0.15) is 18.2 Å². The molecule has 1 heterocycles. The molecule has 0 radical (unpaired) electrons. The Kier molecular flexibility index (Phi) is 6.01. The molecule has 0 amide bonds. The van der Waals surface area contributed by atoms with Crippen molar-refractivity contribution in [1.82, 2.24) is 5.32 Å². The van der Waals surface area contributed by atoms with E-state index in [-0.39, 0.29) is 5.75 Å². The highest BCUT2D eigenvalue weighted by atomic mass is 32.2. The van der Waals surface area contributed by atoms with Crippen molar-refractivity contribution in [3.8, 4) is 5.75 Å². The summed E-state index contributed by atoms with van der Waals surface area (Å²) in [6.07, 6.45) is 1.23. The molecule has 128 valence electrons. The Morgan fingerprint density at radius 3 is 2.78 bits per heavy atom. The van der Waals surface area contributed by atoms with E-state index in [1.54, 1.807) is 0 Å². The number of primary sulfonamides is 1. The minimum Gasteiger partial charge on any atom is -0.485 e. The van der Waals surface area contributed by atoms with Gasteiger partial charge < -0.3 is 10.1 Å². The molecule has 0 bridgehead atoms. The van der Waals surface area contributed by atoms with Crippen molar-refractivity contribution in [1.29, 1.82) is 0 Å². The third-order valence-corrected chi connectivity index (χ3v) is 4.38. The van der Waals surface area contributed by atoms with Crippen molar-refractivity contribution in [3.63, 3.8) is 0 Å². The van der Waals surface area contributed by atoms with Crippen molar-refractivity contribution in [2.24, 2.45) is 16.0 Å². The molecule has 3 N–H and O–H groups in total. The van der Waals surface area contributed by atoms with Crippen molar-refractivity contribution in [2.75, 3.05) is 25.4 Å². The number of nitrogens with two attached hydrogens (primary N) is 1. The Hall–Kier alpha value is -1.60. The molecule has 0 saturated carbocycles. The fraction of sp³-hybridized carbons (Fsp3) is 0.562. The second-order valence-electron chi connectivity index (χ2n) is 6.15. The number of sulfonamides is 1. The van der Waals surface area contributed by atoms with E-state index >= 15 is 0 Å². The van der Waals surface area contributed by atoms with E-state index in [1.807, 2.05) is 18.2 Å². The maximum Gasteiger partial charge on any atom is 0.209 e. The molecule has 1 aromatic carbocycles. The Labute approximate surface area is 138 Å². The highest BCUT2D eigenvalue weighted by Crippen LogP contribution is 2.26. The number of aliphatic imine (C=N–C) groups is 1. The lowest BCUT2D eigenvalue weighted by Crippen LogP contribution is -2.25. The summed E-state index contributed by atoms with van der Waals surface area (Å²) in [4.78, 5) is 4.32. The smallest absolute Gasteiger partial charge is 0.209 e. The van der Waals surface area contributed by atoms with E-state index in [2.05, 4.69) is 24.2 Å². The Bertz CT molecular complexity index is 669. The molecule has 7 heteroatoms. The first kappa shape index (κ1) is 17.7. The van der Waals surface area contributed by atoms with Crippen molar-refractivity contribution in [3.05, 3.63) is 29.3 Å². The molecule has 0 atom stereocenters. The zero-order valence-corrected chi connectivity index (χ0v) is 14.5. The van der Waals surface area contributed by atoms with Gasteiger partial charge in [-0.3, -0.25) is 4.99 Å². The summed E-state index contributed by atoms with van der Waals surface area (Å²) in [6.45, 7) is 6.30. The SMILES string of the molecule is CC(C)Cc1c(CCS(N)(=O)=O)cccc1OCC1=NCCN1. The van der Waals surface area contributed by atoms with Crippen LogP contribution in [0.3, 0.4) is 0 Å². The number of rotatable bonds is 8. The zero-order chi connectivity index (χ0) is 16.9. The average Bonchev–Trinajstić information content (AvgIpc) is 2.96. The van der Waals surface area contributed by atoms with Crippen LogP contribution in [-0.2, 0) is 22.9 Å². The summed E-state index contributed by atoms with van der Waals surface area (Å²) in [5.41, 5.74) is 2.04. The number of hydrogen-bond donors (Lipinski definition) is 2. The number of aryl methyl sites for hydroxylation is 1. The van der Waals surface area contributed by atoms with Crippen LogP contribution >= 0.6 is 0 Å². The molecule has 0 fully saturated rings. The Balaban J connectivity index is 2.17. The summed E-state index contributed by atoms with van der Waals surface area (Å²) in [5.74, 6) is 2.03. The monoisotopic (exact) mass is 339 g/mol. The van der Waals surface area contributed by atoms with Crippen LogP contribution in [0.4, 0.5) is 0 Å². The summed E-state index contributed by atoms with van der Waals surface area (Å²) in [6, 6.07) is 5.76. The van der Waals surface area contributed by atoms with Gasteiger partial charge in [0, 0.05) is 6.54 Å². The van der Waals surface area contributed by atoms with Crippen LogP contribution < -0.4 is 15.2 Å². The van der Waals surface area contributed by atoms with Gasteiger partial charge in [0.2, 0.25) is 10.0 Å². The normalized spacial score (nSPS) is 14.7. The standard InChI is InChI=1S/C16H25N3O3S/c1-12(2)10-14-13(6-9-23(17,20)21)4-3-5-15(14)22-11-16-18-7-8-19-16/h3-5,12H,6-11H2,1-2H3,(H,18,19)(H2,17,20,21). The topological polar surface area (TPSA) is 93.8 Å². The molecule has 23 heavy (non-hydrogen) atoms. The number of nitrogens with zero attached hydrogens (tertiary/aromatic N) is 1. The number of ether oxygens (including phenoxy) is 1. The molecule has 0 aromatic heterocycles. The van der Waals surface area contributed by atoms with Crippen LogP contribution in [-0.4, -0.2) is 39.7 Å². The van der Waals surface area contributed by atoms with Crippen LogP contribution in [0, 0.1) is 5.92 Å². The second-order valence-corrected chi connectivity index (χ2v) is 7.89. The molecule has 0 saturated heterocycles. The molecule has 1 aliphatic rings. The lowest BCUT2D eigenvalue weighted by Gasteiger charge is -2.17. The lowest BCUT2D eigenvalue weighted by molar-refractivity contribution is 0.366. The molecule has 2 rings (SSSR count). The predicted octanol–water partition coefficient (Wildman–Crippen LogP) is 1.10. The van der Waals surface area contributed by atoms with Gasteiger partial charge >= 0.3 is 0 Å². The van der Waals surface area contributed by atoms with Gasteiger partial charge in [-0.2, -0.15) is 0 Å². The van der Waals surface area contributed by atoms with Crippen LogP contribution in [0.15, 0.2) is 23.2 Å². The molecule has 0 spiro atoms. The molecular formula is C16H25N3O3S. The predicted molar refractivity (Wildman–Crippen MR) is 92.5 cm³/mol.